The van der Waals surface area contributed by atoms with Gasteiger partial charge in [0.05, 0.1) is 6.10 Å². The SMILES string of the molecule is CCC(C)OCC(=O)OC(C)c1ccc(C(C)C)cc1. The molecule has 112 valence electrons. The number of hydrogen-bond donors (Lipinski definition) is 0. The van der Waals surface area contributed by atoms with Crippen molar-refractivity contribution in [2.45, 2.75) is 59.2 Å². The predicted molar refractivity (Wildman–Crippen MR) is 80.7 cm³/mol. The van der Waals surface area contributed by atoms with E-state index in [0.717, 1.165) is 12.0 Å². The van der Waals surface area contributed by atoms with Crippen LogP contribution in [0, 0.1) is 0 Å². The summed E-state index contributed by atoms with van der Waals surface area (Å²) in [6, 6.07) is 8.20. The molecule has 0 aliphatic rings. The highest BCUT2D eigenvalue weighted by Gasteiger charge is 2.13. The average Bonchev–Trinajstić information content (AvgIpc) is 2.44. The van der Waals surface area contributed by atoms with Crippen molar-refractivity contribution in [1.82, 2.24) is 0 Å². The lowest BCUT2D eigenvalue weighted by Gasteiger charge is -2.16. The van der Waals surface area contributed by atoms with Gasteiger partial charge >= 0.3 is 5.97 Å². The molecule has 0 heterocycles. The van der Waals surface area contributed by atoms with Crippen LogP contribution < -0.4 is 0 Å². The molecular formula is C17H26O3. The van der Waals surface area contributed by atoms with E-state index in [2.05, 4.69) is 26.0 Å². The van der Waals surface area contributed by atoms with Gasteiger partial charge < -0.3 is 9.47 Å². The predicted octanol–water partition coefficient (Wildman–Crippen LogP) is 4.23. The number of rotatable bonds is 7. The minimum atomic E-state index is -0.314. The first kappa shape index (κ1) is 16.7. The maximum absolute atomic E-state index is 11.7. The van der Waals surface area contributed by atoms with Gasteiger partial charge in [0.25, 0.3) is 0 Å². The number of esters is 1. The standard InChI is InChI=1S/C17H26O3/c1-6-13(4)19-11-17(18)20-14(5)16-9-7-15(8-10-16)12(2)3/h7-10,12-14H,6,11H2,1-5H3. The van der Waals surface area contributed by atoms with E-state index in [9.17, 15) is 4.79 Å². The van der Waals surface area contributed by atoms with E-state index in [0.29, 0.717) is 5.92 Å². The second-order valence-corrected chi connectivity index (χ2v) is 5.48. The Kier molecular flexibility index (Phi) is 6.73. The molecule has 0 saturated heterocycles. The highest BCUT2D eigenvalue weighted by atomic mass is 16.6. The number of ether oxygens (including phenoxy) is 2. The van der Waals surface area contributed by atoms with Crippen LogP contribution in [0.3, 0.4) is 0 Å². The van der Waals surface area contributed by atoms with Gasteiger partial charge in [0.15, 0.2) is 0 Å². The Morgan fingerprint density at radius 1 is 1.05 bits per heavy atom. The monoisotopic (exact) mass is 278 g/mol. The third kappa shape index (κ3) is 5.33. The van der Waals surface area contributed by atoms with Gasteiger partial charge in [0.1, 0.15) is 12.7 Å². The average molecular weight is 278 g/mol. The maximum atomic E-state index is 11.7. The van der Waals surface area contributed by atoms with E-state index in [4.69, 9.17) is 9.47 Å². The number of benzene rings is 1. The normalized spacial score (nSPS) is 14.1. The van der Waals surface area contributed by atoms with Crippen LogP contribution in [0.4, 0.5) is 0 Å². The number of hydrogen-bond acceptors (Lipinski definition) is 3. The van der Waals surface area contributed by atoms with Crippen LogP contribution in [0.5, 0.6) is 0 Å². The van der Waals surface area contributed by atoms with Crippen molar-refractivity contribution in [3.63, 3.8) is 0 Å². The molecule has 3 nitrogen and oxygen atoms in total. The van der Waals surface area contributed by atoms with Crippen molar-refractivity contribution in [2.75, 3.05) is 6.61 Å². The van der Waals surface area contributed by atoms with Crippen LogP contribution in [-0.4, -0.2) is 18.7 Å². The Bertz CT molecular complexity index is 409. The molecule has 1 aromatic rings. The van der Waals surface area contributed by atoms with Gasteiger partial charge in [-0.3, -0.25) is 0 Å². The molecule has 0 saturated carbocycles. The first-order chi connectivity index (χ1) is 9.43. The van der Waals surface area contributed by atoms with Crippen molar-refractivity contribution in [3.8, 4) is 0 Å². The van der Waals surface area contributed by atoms with Gasteiger partial charge in [0, 0.05) is 0 Å². The van der Waals surface area contributed by atoms with Gasteiger partial charge in [0.2, 0.25) is 0 Å². The summed E-state index contributed by atoms with van der Waals surface area (Å²) < 4.78 is 10.7. The first-order valence-electron chi connectivity index (χ1n) is 7.35. The van der Waals surface area contributed by atoms with Crippen molar-refractivity contribution in [3.05, 3.63) is 35.4 Å². The van der Waals surface area contributed by atoms with Crippen molar-refractivity contribution in [2.24, 2.45) is 0 Å². The fraction of sp³-hybridized carbons (Fsp3) is 0.588. The summed E-state index contributed by atoms with van der Waals surface area (Å²) in [6.07, 6.45) is 0.729. The Morgan fingerprint density at radius 3 is 2.10 bits per heavy atom. The van der Waals surface area contributed by atoms with Crippen LogP contribution >= 0.6 is 0 Å². The second-order valence-electron chi connectivity index (χ2n) is 5.48. The van der Waals surface area contributed by atoms with E-state index >= 15 is 0 Å². The van der Waals surface area contributed by atoms with E-state index in [-0.39, 0.29) is 24.8 Å². The van der Waals surface area contributed by atoms with Crippen LogP contribution in [-0.2, 0) is 14.3 Å². The third-order valence-corrected chi connectivity index (χ3v) is 3.44. The topological polar surface area (TPSA) is 35.5 Å². The van der Waals surface area contributed by atoms with Crippen molar-refractivity contribution in [1.29, 1.82) is 0 Å². The summed E-state index contributed by atoms with van der Waals surface area (Å²) in [4.78, 5) is 11.7. The first-order valence-corrected chi connectivity index (χ1v) is 7.35. The molecule has 1 aromatic carbocycles. The molecule has 0 spiro atoms. The molecule has 0 bridgehead atoms. The molecule has 0 radical (unpaired) electrons. The Hall–Kier alpha value is -1.35. The lowest BCUT2D eigenvalue weighted by Crippen LogP contribution is -2.18. The molecule has 0 fully saturated rings. The summed E-state index contributed by atoms with van der Waals surface area (Å²) in [6.45, 7) is 10.2. The summed E-state index contributed by atoms with van der Waals surface area (Å²) in [7, 11) is 0. The largest absolute Gasteiger partial charge is 0.456 e. The van der Waals surface area contributed by atoms with Gasteiger partial charge in [-0.2, -0.15) is 0 Å². The number of carbonyl (C=O) groups is 1. The minimum Gasteiger partial charge on any atom is -0.456 e. The van der Waals surface area contributed by atoms with Gasteiger partial charge in [-0.1, -0.05) is 45.0 Å². The second kappa shape index (κ2) is 8.05. The molecule has 0 amide bonds. The zero-order valence-corrected chi connectivity index (χ0v) is 13.2. The molecular weight excluding hydrogens is 252 g/mol. The highest BCUT2D eigenvalue weighted by molar-refractivity contribution is 5.71. The molecule has 2 unspecified atom stereocenters. The minimum absolute atomic E-state index is 0.0173. The lowest BCUT2D eigenvalue weighted by molar-refractivity contribution is -0.155. The Balaban J connectivity index is 2.49. The molecule has 0 aliphatic carbocycles. The Labute approximate surface area is 122 Å². The summed E-state index contributed by atoms with van der Waals surface area (Å²) >= 11 is 0. The van der Waals surface area contributed by atoms with Crippen LogP contribution in [0.15, 0.2) is 24.3 Å². The van der Waals surface area contributed by atoms with E-state index < -0.39 is 0 Å². The van der Waals surface area contributed by atoms with E-state index in [1.54, 1.807) is 0 Å². The summed E-state index contributed by atoms with van der Waals surface area (Å²) in [5, 5.41) is 0. The third-order valence-electron chi connectivity index (χ3n) is 3.44. The summed E-state index contributed by atoms with van der Waals surface area (Å²) in [5.41, 5.74) is 2.29. The zero-order chi connectivity index (χ0) is 15.1. The van der Waals surface area contributed by atoms with Crippen molar-refractivity contribution < 1.29 is 14.3 Å². The smallest absolute Gasteiger partial charge is 0.332 e. The van der Waals surface area contributed by atoms with Crippen molar-refractivity contribution >= 4 is 5.97 Å². The summed E-state index contributed by atoms with van der Waals surface area (Å²) in [5.74, 6) is 0.191. The Morgan fingerprint density at radius 2 is 1.60 bits per heavy atom. The van der Waals surface area contributed by atoms with Gasteiger partial charge in [-0.25, -0.2) is 4.79 Å². The van der Waals surface area contributed by atoms with E-state index in [1.165, 1.54) is 5.56 Å². The van der Waals surface area contributed by atoms with Gasteiger partial charge in [-0.05, 0) is 37.3 Å². The fourth-order valence-corrected chi connectivity index (χ4v) is 1.78. The highest BCUT2D eigenvalue weighted by Crippen LogP contribution is 2.21. The molecule has 1 rings (SSSR count). The van der Waals surface area contributed by atoms with Crippen LogP contribution in [0.2, 0.25) is 0 Å². The quantitative estimate of drug-likeness (QED) is 0.700. The molecule has 0 N–H and O–H groups in total. The molecule has 3 heteroatoms. The fourth-order valence-electron chi connectivity index (χ4n) is 1.78. The zero-order valence-electron chi connectivity index (χ0n) is 13.2. The van der Waals surface area contributed by atoms with Crippen LogP contribution in [0.1, 0.15) is 64.2 Å². The lowest BCUT2D eigenvalue weighted by atomic mass is 10.0. The molecule has 20 heavy (non-hydrogen) atoms. The van der Waals surface area contributed by atoms with E-state index in [1.807, 2.05) is 32.9 Å². The number of carbonyl (C=O) groups excluding carboxylic acids is 1. The molecule has 0 aliphatic heterocycles. The van der Waals surface area contributed by atoms with Crippen LogP contribution in [0.25, 0.3) is 0 Å². The van der Waals surface area contributed by atoms with Gasteiger partial charge in [-0.15, -0.1) is 0 Å². The molecule has 0 aromatic heterocycles. The maximum Gasteiger partial charge on any atom is 0.332 e. The molecule has 2 atom stereocenters.